The van der Waals surface area contributed by atoms with Crippen molar-refractivity contribution in [3.8, 4) is 5.75 Å². The van der Waals surface area contributed by atoms with E-state index in [0.29, 0.717) is 25.1 Å². The number of ether oxygens (including phenoxy) is 1. The first-order chi connectivity index (χ1) is 10.3. The number of benzene rings is 1. The van der Waals surface area contributed by atoms with Crippen molar-refractivity contribution in [2.24, 2.45) is 5.73 Å². The van der Waals surface area contributed by atoms with Gasteiger partial charge in [-0.3, -0.25) is 10.2 Å². The molecule has 8 heteroatoms. The Balaban J connectivity index is 0.000000541. The molecule has 0 fully saturated rings. The zero-order valence-electron chi connectivity index (χ0n) is 12.1. The summed E-state index contributed by atoms with van der Waals surface area (Å²) in [6, 6.07) is 5.39. The number of nitrogens with one attached hydrogen (secondary N) is 2. The van der Waals surface area contributed by atoms with Crippen LogP contribution in [0.25, 0.3) is 0 Å². The molecule has 22 heavy (non-hydrogen) atoms. The first-order valence-corrected chi connectivity index (χ1v) is 6.58. The zero-order valence-corrected chi connectivity index (χ0v) is 12.1. The Kier molecular flexibility index (Phi) is 6.18. The van der Waals surface area contributed by atoms with Crippen LogP contribution in [0.3, 0.4) is 0 Å². The number of amides is 1. The average molecular weight is 309 g/mol. The van der Waals surface area contributed by atoms with E-state index in [-0.39, 0.29) is 11.8 Å². The van der Waals surface area contributed by atoms with Crippen LogP contribution in [0.4, 0.5) is 4.79 Å². The first kappa shape index (κ1) is 17.3. The summed E-state index contributed by atoms with van der Waals surface area (Å²) in [5.74, 6) is 0.124. The number of aliphatic carboxylic acids is 1. The Morgan fingerprint density at radius 3 is 2.64 bits per heavy atom. The average Bonchev–Trinajstić information content (AvgIpc) is 2.80. The third-order valence-electron chi connectivity index (χ3n) is 2.97. The summed E-state index contributed by atoms with van der Waals surface area (Å²) in [4.78, 5) is 19.4. The number of carboxylic acid groups (broad SMARTS) is 2. The summed E-state index contributed by atoms with van der Waals surface area (Å²) in [6.07, 6.45) is -0.354. The van der Waals surface area contributed by atoms with Crippen molar-refractivity contribution in [3.05, 3.63) is 29.3 Å². The van der Waals surface area contributed by atoms with Crippen LogP contribution in [0.15, 0.2) is 18.2 Å². The number of carboxylic acids is 1. The maximum absolute atomic E-state index is 10.4. The Labute approximate surface area is 127 Å². The van der Waals surface area contributed by atoms with E-state index in [4.69, 9.17) is 30.9 Å². The molecule has 1 aliphatic heterocycles. The summed E-state index contributed by atoms with van der Waals surface area (Å²) in [7, 11) is 0. The monoisotopic (exact) mass is 309 g/mol. The second-order valence-electron chi connectivity index (χ2n) is 4.71. The number of nitrogen functional groups attached to an aromatic ring is 1. The number of carbonyl (C=O) groups is 2. The Morgan fingerprint density at radius 2 is 2.09 bits per heavy atom. The van der Waals surface area contributed by atoms with E-state index in [0.717, 1.165) is 18.2 Å². The Hall–Kier alpha value is -2.77. The van der Waals surface area contributed by atoms with E-state index in [1.165, 1.54) is 0 Å². The highest BCUT2D eigenvalue weighted by Gasteiger charge is 2.24. The van der Waals surface area contributed by atoms with Crippen molar-refractivity contribution in [2.75, 3.05) is 13.2 Å². The fraction of sp³-hybridized carbons (Fsp3) is 0.357. The molecule has 0 radical (unpaired) electrons. The lowest BCUT2D eigenvalue weighted by Crippen LogP contribution is -2.23. The van der Waals surface area contributed by atoms with Gasteiger partial charge >= 0.3 is 6.09 Å². The number of fused-ring (bicyclic) bond motifs is 1. The van der Waals surface area contributed by atoms with Gasteiger partial charge in [-0.1, -0.05) is 0 Å². The standard InChI is InChI=1S/C12H15N3O3.C2H4O2/c13-11(14)7-1-2-10-9(5-7)8(6-18-10)3-4-15-12(16)17;1-2(3)4/h1-2,5,8,15H,3-4,6H2,(H3,13,14)(H,16,17);1H3,(H,3,4). The number of rotatable bonds is 4. The minimum atomic E-state index is -1.02. The van der Waals surface area contributed by atoms with Gasteiger partial charge in [-0.05, 0) is 24.6 Å². The Bertz CT molecular complexity index is 570. The number of nitrogens with two attached hydrogens (primary N) is 1. The van der Waals surface area contributed by atoms with E-state index in [1.54, 1.807) is 12.1 Å². The molecule has 2 rings (SSSR count). The molecule has 0 bridgehead atoms. The molecule has 0 saturated carbocycles. The quantitative estimate of drug-likeness (QED) is 0.417. The summed E-state index contributed by atoms with van der Waals surface area (Å²) in [5, 5.41) is 25.7. The predicted molar refractivity (Wildman–Crippen MR) is 79.6 cm³/mol. The molecular formula is C14H19N3O5. The lowest BCUT2D eigenvalue weighted by atomic mass is 9.96. The van der Waals surface area contributed by atoms with Crippen LogP contribution in [-0.4, -0.2) is 41.3 Å². The van der Waals surface area contributed by atoms with Crippen molar-refractivity contribution >= 4 is 17.9 Å². The van der Waals surface area contributed by atoms with Gasteiger partial charge in [0, 0.05) is 30.5 Å². The maximum Gasteiger partial charge on any atom is 0.404 e. The van der Waals surface area contributed by atoms with Gasteiger partial charge < -0.3 is 26.0 Å². The highest BCUT2D eigenvalue weighted by molar-refractivity contribution is 5.95. The second-order valence-corrected chi connectivity index (χ2v) is 4.71. The van der Waals surface area contributed by atoms with Crippen LogP contribution in [-0.2, 0) is 4.79 Å². The lowest BCUT2D eigenvalue weighted by Gasteiger charge is -2.09. The fourth-order valence-corrected chi connectivity index (χ4v) is 2.04. The fourth-order valence-electron chi connectivity index (χ4n) is 2.04. The molecule has 1 heterocycles. The maximum atomic E-state index is 10.4. The molecular weight excluding hydrogens is 290 g/mol. The molecule has 1 amide bonds. The van der Waals surface area contributed by atoms with Crippen molar-refractivity contribution in [2.45, 2.75) is 19.3 Å². The number of hydrogen-bond donors (Lipinski definition) is 5. The molecule has 0 saturated heterocycles. The zero-order chi connectivity index (χ0) is 16.7. The molecule has 6 N–H and O–H groups in total. The Morgan fingerprint density at radius 1 is 1.45 bits per heavy atom. The van der Waals surface area contributed by atoms with Crippen molar-refractivity contribution in [1.82, 2.24) is 5.32 Å². The van der Waals surface area contributed by atoms with E-state index in [2.05, 4.69) is 5.32 Å². The van der Waals surface area contributed by atoms with Gasteiger partial charge in [0.1, 0.15) is 11.6 Å². The van der Waals surface area contributed by atoms with E-state index in [1.807, 2.05) is 6.07 Å². The molecule has 0 aromatic heterocycles. The van der Waals surface area contributed by atoms with Crippen LogP contribution in [0.1, 0.15) is 30.4 Å². The molecule has 0 aliphatic carbocycles. The largest absolute Gasteiger partial charge is 0.493 e. The van der Waals surface area contributed by atoms with Crippen LogP contribution in [0, 0.1) is 5.41 Å². The lowest BCUT2D eigenvalue weighted by molar-refractivity contribution is -0.134. The van der Waals surface area contributed by atoms with Gasteiger partial charge in [0.15, 0.2) is 0 Å². The van der Waals surface area contributed by atoms with Gasteiger partial charge in [0.2, 0.25) is 0 Å². The molecule has 8 nitrogen and oxygen atoms in total. The topological polar surface area (TPSA) is 146 Å². The first-order valence-electron chi connectivity index (χ1n) is 6.58. The summed E-state index contributed by atoms with van der Waals surface area (Å²) in [5.41, 5.74) is 7.10. The summed E-state index contributed by atoms with van der Waals surface area (Å²) >= 11 is 0. The van der Waals surface area contributed by atoms with Gasteiger partial charge in [0.25, 0.3) is 5.97 Å². The molecule has 1 atom stereocenters. The van der Waals surface area contributed by atoms with Crippen LogP contribution in [0.2, 0.25) is 0 Å². The van der Waals surface area contributed by atoms with Gasteiger partial charge in [0.05, 0.1) is 6.61 Å². The highest BCUT2D eigenvalue weighted by Crippen LogP contribution is 2.36. The predicted octanol–water partition coefficient (Wildman–Crippen LogP) is 1.20. The second kappa shape index (κ2) is 7.87. The van der Waals surface area contributed by atoms with Crippen molar-refractivity contribution < 1.29 is 24.5 Å². The smallest absolute Gasteiger partial charge is 0.404 e. The molecule has 0 spiro atoms. The summed E-state index contributed by atoms with van der Waals surface area (Å²) in [6.45, 7) is 2.01. The van der Waals surface area contributed by atoms with Crippen molar-refractivity contribution in [1.29, 1.82) is 5.41 Å². The number of amidine groups is 1. The molecule has 1 aliphatic rings. The van der Waals surface area contributed by atoms with Gasteiger partial charge in [-0.2, -0.15) is 0 Å². The normalized spacial score (nSPS) is 14.9. The van der Waals surface area contributed by atoms with Crippen LogP contribution < -0.4 is 15.8 Å². The van der Waals surface area contributed by atoms with E-state index < -0.39 is 12.1 Å². The minimum absolute atomic E-state index is 0.0205. The van der Waals surface area contributed by atoms with Crippen LogP contribution in [0.5, 0.6) is 5.75 Å². The molecule has 120 valence electrons. The SMILES string of the molecule is CC(=O)O.N=C(N)c1ccc2c(c1)C(CCNC(=O)O)CO2. The summed E-state index contributed by atoms with van der Waals surface area (Å²) < 4.78 is 5.52. The molecule has 1 unspecified atom stereocenters. The van der Waals surface area contributed by atoms with Gasteiger partial charge in [-0.25, -0.2) is 4.79 Å². The third-order valence-corrected chi connectivity index (χ3v) is 2.97. The highest BCUT2D eigenvalue weighted by atomic mass is 16.5. The van der Waals surface area contributed by atoms with Gasteiger partial charge in [-0.15, -0.1) is 0 Å². The van der Waals surface area contributed by atoms with E-state index in [9.17, 15) is 4.79 Å². The van der Waals surface area contributed by atoms with E-state index >= 15 is 0 Å². The third kappa shape index (κ3) is 5.31. The minimum Gasteiger partial charge on any atom is -0.493 e. The van der Waals surface area contributed by atoms with Crippen molar-refractivity contribution in [3.63, 3.8) is 0 Å². The molecule has 1 aromatic rings. The van der Waals surface area contributed by atoms with Crippen LogP contribution >= 0.6 is 0 Å². The molecule has 1 aromatic carbocycles. The number of hydrogen-bond acceptors (Lipinski definition) is 4.